The number of aliphatic imine (C=N–C) groups is 1. The van der Waals surface area contributed by atoms with Crippen molar-refractivity contribution in [3.05, 3.63) is 23.8 Å². The van der Waals surface area contributed by atoms with Crippen molar-refractivity contribution in [1.29, 1.82) is 0 Å². The number of phenols is 2. The molecule has 1 rings (SSSR count). The minimum absolute atomic E-state index is 0. The zero-order chi connectivity index (χ0) is 10.6. The highest BCUT2D eigenvalue weighted by atomic mass is 35.5. The van der Waals surface area contributed by atoms with Crippen molar-refractivity contribution in [3.63, 3.8) is 0 Å². The molecule has 5 nitrogen and oxygen atoms in total. The van der Waals surface area contributed by atoms with Gasteiger partial charge >= 0.3 is 0 Å². The smallest absolute Gasteiger partial charge is 0.185 e. The lowest BCUT2D eigenvalue weighted by Crippen LogP contribution is -2.23. The molecule has 84 valence electrons. The van der Waals surface area contributed by atoms with Crippen molar-refractivity contribution in [3.8, 4) is 11.5 Å². The van der Waals surface area contributed by atoms with Gasteiger partial charge in [-0.3, -0.25) is 4.99 Å². The lowest BCUT2D eigenvalue weighted by atomic mass is 10.1. The van der Waals surface area contributed by atoms with Crippen LogP contribution in [-0.4, -0.2) is 22.7 Å². The second-order valence-electron chi connectivity index (χ2n) is 2.88. The van der Waals surface area contributed by atoms with Gasteiger partial charge in [0.15, 0.2) is 17.5 Å². The molecule has 0 saturated heterocycles. The Hall–Kier alpha value is -1.62. The van der Waals surface area contributed by atoms with E-state index in [-0.39, 0.29) is 29.9 Å². The molecule has 0 heterocycles. The van der Waals surface area contributed by atoms with Gasteiger partial charge in [-0.2, -0.15) is 0 Å². The molecule has 0 fully saturated rings. The summed E-state index contributed by atoms with van der Waals surface area (Å²) in [4.78, 5) is 3.80. The molecule has 0 unspecified atom stereocenters. The second-order valence-corrected chi connectivity index (χ2v) is 2.88. The first-order valence-electron chi connectivity index (χ1n) is 4.16. The van der Waals surface area contributed by atoms with Crippen molar-refractivity contribution in [1.82, 2.24) is 0 Å². The van der Waals surface area contributed by atoms with E-state index in [4.69, 9.17) is 16.6 Å². The third kappa shape index (κ3) is 4.42. The monoisotopic (exact) mass is 231 g/mol. The zero-order valence-electron chi connectivity index (χ0n) is 8.05. The normalized spacial score (nSPS) is 9.07. The van der Waals surface area contributed by atoms with E-state index in [0.29, 0.717) is 13.0 Å². The summed E-state index contributed by atoms with van der Waals surface area (Å²) in [5.74, 6) is -0.212. The fraction of sp³-hybridized carbons (Fsp3) is 0.222. The van der Waals surface area contributed by atoms with Crippen LogP contribution in [0.5, 0.6) is 11.5 Å². The Morgan fingerprint density at radius 1 is 1.20 bits per heavy atom. The Kier molecular flexibility index (Phi) is 5.33. The van der Waals surface area contributed by atoms with Gasteiger partial charge in [-0.05, 0) is 24.1 Å². The Morgan fingerprint density at radius 2 is 1.87 bits per heavy atom. The van der Waals surface area contributed by atoms with E-state index < -0.39 is 0 Å². The molecule has 0 aliphatic rings. The molecule has 1 aromatic rings. The van der Waals surface area contributed by atoms with Gasteiger partial charge in [0.2, 0.25) is 0 Å². The quantitative estimate of drug-likeness (QED) is 0.342. The van der Waals surface area contributed by atoms with E-state index >= 15 is 0 Å². The predicted molar refractivity (Wildman–Crippen MR) is 61.4 cm³/mol. The number of phenolic OH excluding ortho intramolecular Hbond substituents is 2. The third-order valence-electron chi connectivity index (χ3n) is 1.73. The second kappa shape index (κ2) is 5.98. The SMILES string of the molecule is Cl.NC(N)=NCCc1ccc(O)c(O)c1. The maximum absolute atomic E-state index is 9.17. The minimum Gasteiger partial charge on any atom is -0.504 e. The lowest BCUT2D eigenvalue weighted by Gasteiger charge is -2.01. The van der Waals surface area contributed by atoms with Gasteiger partial charge in [0, 0.05) is 6.54 Å². The average molecular weight is 232 g/mol. The Labute approximate surface area is 93.8 Å². The standard InChI is InChI=1S/C9H13N3O2.ClH/c10-9(11)12-4-3-6-1-2-7(13)8(14)5-6;/h1-2,5,13-14H,3-4H2,(H4,10,11,12);1H. The van der Waals surface area contributed by atoms with Gasteiger partial charge in [-0.25, -0.2) is 0 Å². The van der Waals surface area contributed by atoms with Gasteiger partial charge in [-0.1, -0.05) is 6.07 Å². The van der Waals surface area contributed by atoms with Gasteiger partial charge in [-0.15, -0.1) is 12.4 Å². The van der Waals surface area contributed by atoms with E-state index in [1.165, 1.54) is 12.1 Å². The molecule has 6 heteroatoms. The fourth-order valence-electron chi connectivity index (χ4n) is 1.04. The molecular formula is C9H14ClN3O2. The largest absolute Gasteiger partial charge is 0.504 e. The van der Waals surface area contributed by atoms with Crippen molar-refractivity contribution in [2.45, 2.75) is 6.42 Å². The van der Waals surface area contributed by atoms with E-state index in [2.05, 4.69) is 4.99 Å². The Bertz CT molecular complexity index is 351. The first-order chi connectivity index (χ1) is 6.59. The van der Waals surface area contributed by atoms with Crippen LogP contribution < -0.4 is 11.5 Å². The Morgan fingerprint density at radius 3 is 2.40 bits per heavy atom. The molecule has 0 bridgehead atoms. The highest BCUT2D eigenvalue weighted by molar-refractivity contribution is 5.85. The number of nitrogens with two attached hydrogens (primary N) is 2. The van der Waals surface area contributed by atoms with Crippen molar-refractivity contribution < 1.29 is 10.2 Å². The van der Waals surface area contributed by atoms with E-state index in [1.807, 2.05) is 0 Å². The number of aromatic hydroxyl groups is 2. The van der Waals surface area contributed by atoms with E-state index in [0.717, 1.165) is 5.56 Å². The summed E-state index contributed by atoms with van der Waals surface area (Å²) in [6, 6.07) is 4.62. The molecule has 0 aliphatic heterocycles. The number of hydrogen-bond acceptors (Lipinski definition) is 3. The van der Waals surface area contributed by atoms with E-state index in [1.54, 1.807) is 6.07 Å². The molecule has 6 N–H and O–H groups in total. The maximum Gasteiger partial charge on any atom is 0.185 e. The first-order valence-corrected chi connectivity index (χ1v) is 4.16. The summed E-state index contributed by atoms with van der Waals surface area (Å²) >= 11 is 0. The summed E-state index contributed by atoms with van der Waals surface area (Å²) in [6.45, 7) is 0.465. The number of hydrogen-bond donors (Lipinski definition) is 4. The highest BCUT2D eigenvalue weighted by Crippen LogP contribution is 2.24. The number of guanidine groups is 1. The summed E-state index contributed by atoms with van der Waals surface area (Å²) in [5, 5.41) is 18.2. The van der Waals surface area contributed by atoms with Crippen molar-refractivity contribution in [2.24, 2.45) is 16.5 Å². The van der Waals surface area contributed by atoms with Crippen molar-refractivity contribution in [2.75, 3.05) is 6.54 Å². The highest BCUT2D eigenvalue weighted by Gasteiger charge is 1.99. The molecule has 15 heavy (non-hydrogen) atoms. The fourth-order valence-corrected chi connectivity index (χ4v) is 1.04. The number of benzene rings is 1. The lowest BCUT2D eigenvalue weighted by molar-refractivity contribution is 0.403. The number of rotatable bonds is 3. The van der Waals surface area contributed by atoms with Crippen LogP contribution >= 0.6 is 12.4 Å². The summed E-state index contributed by atoms with van der Waals surface area (Å²) in [5.41, 5.74) is 11.2. The van der Waals surface area contributed by atoms with Crippen LogP contribution in [0.2, 0.25) is 0 Å². The maximum atomic E-state index is 9.17. The predicted octanol–water partition coefficient (Wildman–Crippen LogP) is 0.335. The topological polar surface area (TPSA) is 105 Å². The summed E-state index contributed by atoms with van der Waals surface area (Å²) in [6.07, 6.45) is 0.617. The molecule has 0 aliphatic carbocycles. The minimum atomic E-state index is -0.132. The van der Waals surface area contributed by atoms with Crippen LogP contribution in [-0.2, 0) is 6.42 Å². The van der Waals surface area contributed by atoms with Crippen LogP contribution in [0.4, 0.5) is 0 Å². The molecule has 1 aromatic carbocycles. The van der Waals surface area contributed by atoms with Gasteiger partial charge < -0.3 is 21.7 Å². The molecule has 0 spiro atoms. The van der Waals surface area contributed by atoms with E-state index in [9.17, 15) is 5.11 Å². The van der Waals surface area contributed by atoms with Gasteiger partial charge in [0.05, 0.1) is 0 Å². The van der Waals surface area contributed by atoms with Crippen LogP contribution in [0.1, 0.15) is 5.56 Å². The number of halogens is 1. The molecule has 0 amide bonds. The molecule has 0 saturated carbocycles. The molecule has 0 aromatic heterocycles. The molecular weight excluding hydrogens is 218 g/mol. The third-order valence-corrected chi connectivity index (χ3v) is 1.73. The van der Waals surface area contributed by atoms with Crippen molar-refractivity contribution >= 4 is 18.4 Å². The summed E-state index contributed by atoms with van der Waals surface area (Å²) < 4.78 is 0. The van der Waals surface area contributed by atoms with Crippen LogP contribution in [0, 0.1) is 0 Å². The summed E-state index contributed by atoms with van der Waals surface area (Å²) in [7, 11) is 0. The molecule has 0 radical (unpaired) electrons. The number of nitrogens with zero attached hydrogens (tertiary/aromatic N) is 1. The van der Waals surface area contributed by atoms with Gasteiger partial charge in [0.25, 0.3) is 0 Å². The first kappa shape index (κ1) is 13.4. The zero-order valence-corrected chi connectivity index (χ0v) is 8.87. The van der Waals surface area contributed by atoms with Crippen LogP contribution in [0.15, 0.2) is 23.2 Å². The molecule has 0 atom stereocenters. The van der Waals surface area contributed by atoms with Gasteiger partial charge in [0.1, 0.15) is 0 Å². The average Bonchev–Trinajstić information content (AvgIpc) is 2.10. The van der Waals surface area contributed by atoms with Crippen LogP contribution in [0.3, 0.4) is 0 Å². The Balaban J connectivity index is 0.00000196. The van der Waals surface area contributed by atoms with Crippen LogP contribution in [0.25, 0.3) is 0 Å².